The van der Waals surface area contributed by atoms with Crippen LogP contribution < -0.4 is 0 Å². The van der Waals surface area contributed by atoms with E-state index in [1.165, 1.54) is 10.8 Å². The molecule has 1 nitrogen and oxygen atoms in total. The highest BCUT2D eigenvalue weighted by molar-refractivity contribution is 5.84. The van der Waals surface area contributed by atoms with Crippen molar-refractivity contribution in [1.82, 2.24) is 4.98 Å². The first-order valence-corrected chi connectivity index (χ1v) is 4.28. The summed E-state index contributed by atoms with van der Waals surface area (Å²) in [5.41, 5.74) is 2.19. The molecule has 1 aromatic carbocycles. The van der Waals surface area contributed by atoms with Crippen LogP contribution in [0.4, 0.5) is 0 Å². The molecule has 1 aromatic heterocycles. The van der Waals surface area contributed by atoms with Crippen molar-refractivity contribution >= 4 is 16.8 Å². The van der Waals surface area contributed by atoms with Crippen LogP contribution in [-0.2, 0) is 0 Å². The minimum atomic E-state index is 1.05. The summed E-state index contributed by atoms with van der Waals surface area (Å²) < 4.78 is 0. The topological polar surface area (TPSA) is 12.9 Å². The number of benzene rings is 1. The third kappa shape index (κ3) is 1.45. The third-order valence-electron chi connectivity index (χ3n) is 2.12. The van der Waals surface area contributed by atoms with Gasteiger partial charge in [0.15, 0.2) is 0 Å². The number of pyridine rings is 1. The maximum absolute atomic E-state index is 4.25. The number of fused-ring (bicyclic) bond motifs is 1. The van der Waals surface area contributed by atoms with Crippen LogP contribution in [-0.4, -0.2) is 4.98 Å². The number of aromatic nitrogens is 1. The highest BCUT2D eigenvalue weighted by Crippen LogP contribution is 2.16. The van der Waals surface area contributed by atoms with Gasteiger partial charge >= 0.3 is 0 Å². The molecule has 0 radical (unpaired) electrons. The summed E-state index contributed by atoms with van der Waals surface area (Å²) in [5.74, 6) is 0. The lowest BCUT2D eigenvalue weighted by molar-refractivity contribution is 1.22. The molecule has 1 heterocycles. The number of hydrogen-bond acceptors (Lipinski definition) is 1. The Morgan fingerprint density at radius 1 is 1.23 bits per heavy atom. The Morgan fingerprint density at radius 2 is 2.08 bits per heavy atom. The first-order valence-electron chi connectivity index (χ1n) is 4.28. The molecule has 0 unspecified atom stereocenters. The van der Waals surface area contributed by atoms with Crippen LogP contribution in [0.2, 0.25) is 0 Å². The average Bonchev–Trinajstić information content (AvgIpc) is 2.17. The fraction of sp³-hybridized carbons (Fsp3) is 0.0833. The van der Waals surface area contributed by atoms with Gasteiger partial charge in [-0.15, -0.1) is 0 Å². The minimum absolute atomic E-state index is 1.05. The van der Waals surface area contributed by atoms with Crippen molar-refractivity contribution in [3.63, 3.8) is 0 Å². The molecule has 0 fully saturated rings. The van der Waals surface area contributed by atoms with Gasteiger partial charge in [-0.1, -0.05) is 24.8 Å². The number of aryl methyl sites for hydroxylation is 1. The van der Waals surface area contributed by atoms with E-state index in [0.29, 0.717) is 0 Å². The predicted octanol–water partition coefficient (Wildman–Crippen LogP) is 3.19. The van der Waals surface area contributed by atoms with E-state index in [1.54, 1.807) is 0 Å². The zero-order valence-electron chi connectivity index (χ0n) is 7.62. The lowest BCUT2D eigenvalue weighted by atomic mass is 10.1. The molecule has 0 aliphatic heterocycles. The maximum Gasteiger partial charge on any atom is 0.0379 e. The molecule has 13 heavy (non-hydrogen) atoms. The Bertz CT molecular complexity index is 458. The van der Waals surface area contributed by atoms with Crippen molar-refractivity contribution in [2.45, 2.75) is 6.92 Å². The van der Waals surface area contributed by atoms with E-state index in [1.807, 2.05) is 19.2 Å². The minimum Gasteiger partial charge on any atom is -0.261 e. The molecule has 2 aromatic rings. The number of nitrogens with zero attached hydrogens (tertiary/aromatic N) is 1. The monoisotopic (exact) mass is 169 g/mol. The molecule has 0 aliphatic carbocycles. The highest BCUT2D eigenvalue weighted by atomic mass is 14.6. The highest BCUT2D eigenvalue weighted by Gasteiger charge is 1.94. The lowest BCUT2D eigenvalue weighted by Crippen LogP contribution is -1.81. The van der Waals surface area contributed by atoms with Crippen LogP contribution in [0.1, 0.15) is 11.3 Å². The molecule has 2 rings (SSSR count). The van der Waals surface area contributed by atoms with Gasteiger partial charge in [-0.3, -0.25) is 4.98 Å². The molecule has 0 N–H and O–H groups in total. The Balaban J connectivity index is 2.73. The van der Waals surface area contributed by atoms with E-state index in [-0.39, 0.29) is 0 Å². The van der Waals surface area contributed by atoms with Gasteiger partial charge in [0.05, 0.1) is 0 Å². The van der Waals surface area contributed by atoms with E-state index in [2.05, 4.69) is 35.8 Å². The summed E-state index contributed by atoms with van der Waals surface area (Å²) in [7, 11) is 0. The van der Waals surface area contributed by atoms with Crippen molar-refractivity contribution in [2.24, 2.45) is 0 Å². The maximum atomic E-state index is 4.25. The molecule has 0 aliphatic rings. The predicted molar refractivity (Wildman–Crippen MR) is 56.6 cm³/mol. The van der Waals surface area contributed by atoms with Crippen molar-refractivity contribution in [3.8, 4) is 0 Å². The van der Waals surface area contributed by atoms with Gasteiger partial charge in [0, 0.05) is 17.3 Å². The molecule has 0 saturated heterocycles. The SMILES string of the molecule is C=Cc1ccc2cc(C)ncc2c1. The summed E-state index contributed by atoms with van der Waals surface area (Å²) in [4.78, 5) is 4.25. The molecule has 0 amide bonds. The van der Waals surface area contributed by atoms with Crippen LogP contribution in [0.5, 0.6) is 0 Å². The summed E-state index contributed by atoms with van der Waals surface area (Å²) in [5, 5.41) is 2.40. The summed E-state index contributed by atoms with van der Waals surface area (Å²) in [6.45, 7) is 5.74. The van der Waals surface area contributed by atoms with Crippen molar-refractivity contribution < 1.29 is 0 Å². The standard InChI is InChI=1S/C12H11N/c1-3-10-4-5-11-6-9(2)13-8-12(11)7-10/h3-8H,1H2,2H3. The summed E-state index contributed by atoms with van der Waals surface area (Å²) >= 11 is 0. The second-order valence-electron chi connectivity index (χ2n) is 3.14. The summed E-state index contributed by atoms with van der Waals surface area (Å²) in [6, 6.07) is 8.34. The Labute approximate surface area is 77.7 Å². The normalized spacial score (nSPS) is 10.2. The number of hydrogen-bond donors (Lipinski definition) is 0. The fourth-order valence-corrected chi connectivity index (χ4v) is 1.40. The van der Waals surface area contributed by atoms with E-state index >= 15 is 0 Å². The van der Waals surface area contributed by atoms with Crippen LogP contribution in [0, 0.1) is 6.92 Å². The second-order valence-corrected chi connectivity index (χ2v) is 3.14. The van der Waals surface area contributed by atoms with Crippen LogP contribution in [0.25, 0.3) is 16.8 Å². The number of rotatable bonds is 1. The zero-order valence-corrected chi connectivity index (χ0v) is 7.62. The van der Waals surface area contributed by atoms with Crippen molar-refractivity contribution in [3.05, 3.63) is 48.3 Å². The van der Waals surface area contributed by atoms with E-state index in [4.69, 9.17) is 0 Å². The van der Waals surface area contributed by atoms with Crippen LogP contribution in [0.15, 0.2) is 37.0 Å². The van der Waals surface area contributed by atoms with E-state index in [0.717, 1.165) is 11.3 Å². The van der Waals surface area contributed by atoms with Crippen molar-refractivity contribution in [1.29, 1.82) is 0 Å². The molecular formula is C12H11N. The van der Waals surface area contributed by atoms with Gasteiger partial charge in [0.25, 0.3) is 0 Å². The molecule has 0 saturated carbocycles. The van der Waals surface area contributed by atoms with Gasteiger partial charge in [0.1, 0.15) is 0 Å². The largest absolute Gasteiger partial charge is 0.261 e. The van der Waals surface area contributed by atoms with Gasteiger partial charge in [-0.25, -0.2) is 0 Å². The van der Waals surface area contributed by atoms with Gasteiger partial charge in [-0.2, -0.15) is 0 Å². The average molecular weight is 169 g/mol. The van der Waals surface area contributed by atoms with E-state index in [9.17, 15) is 0 Å². The third-order valence-corrected chi connectivity index (χ3v) is 2.12. The zero-order chi connectivity index (χ0) is 9.26. The quantitative estimate of drug-likeness (QED) is 0.638. The molecule has 0 bridgehead atoms. The molecular weight excluding hydrogens is 158 g/mol. The smallest absolute Gasteiger partial charge is 0.0379 e. The first-order chi connectivity index (χ1) is 6.29. The van der Waals surface area contributed by atoms with Crippen LogP contribution >= 0.6 is 0 Å². The van der Waals surface area contributed by atoms with Crippen LogP contribution in [0.3, 0.4) is 0 Å². The Morgan fingerprint density at radius 3 is 2.85 bits per heavy atom. The molecule has 64 valence electrons. The Hall–Kier alpha value is -1.63. The summed E-state index contributed by atoms with van der Waals surface area (Å²) in [6.07, 6.45) is 3.75. The second kappa shape index (κ2) is 3.02. The van der Waals surface area contributed by atoms with E-state index < -0.39 is 0 Å². The van der Waals surface area contributed by atoms with Crippen molar-refractivity contribution in [2.75, 3.05) is 0 Å². The first kappa shape index (κ1) is 7.99. The molecule has 1 heteroatoms. The molecule has 0 spiro atoms. The fourth-order valence-electron chi connectivity index (χ4n) is 1.40. The van der Waals surface area contributed by atoms with Gasteiger partial charge < -0.3 is 0 Å². The molecule has 0 atom stereocenters. The van der Waals surface area contributed by atoms with Gasteiger partial charge in [-0.05, 0) is 30.0 Å². The lowest BCUT2D eigenvalue weighted by Gasteiger charge is -1.99. The van der Waals surface area contributed by atoms with Gasteiger partial charge in [0.2, 0.25) is 0 Å². The Kier molecular flexibility index (Phi) is 1.85.